The van der Waals surface area contributed by atoms with E-state index in [-0.39, 0.29) is 42.7 Å². The number of carbonyl (C=O) groups is 1. The SMILES string of the molecule is CCNC(=NCC(O)c1cc(OC)cc(OC)c1)NC1CN(C(=O)OC(C)(C)C)C1.I. The summed E-state index contributed by atoms with van der Waals surface area (Å²) in [6.45, 7) is 9.42. The largest absolute Gasteiger partial charge is 0.497 e. The van der Waals surface area contributed by atoms with Crippen LogP contribution in [0.4, 0.5) is 4.79 Å². The second kappa shape index (κ2) is 12.2. The van der Waals surface area contributed by atoms with Gasteiger partial charge in [0.15, 0.2) is 5.96 Å². The normalized spacial score (nSPS) is 15.3. The van der Waals surface area contributed by atoms with Gasteiger partial charge in [-0.25, -0.2) is 4.79 Å². The van der Waals surface area contributed by atoms with Crippen LogP contribution in [0.25, 0.3) is 0 Å². The van der Waals surface area contributed by atoms with Crippen molar-refractivity contribution in [3.8, 4) is 11.5 Å². The Morgan fingerprint density at radius 1 is 1.23 bits per heavy atom. The second-order valence-corrected chi connectivity index (χ2v) is 8.11. The molecule has 3 N–H and O–H groups in total. The minimum absolute atomic E-state index is 0. The van der Waals surface area contributed by atoms with Crippen molar-refractivity contribution in [2.75, 3.05) is 40.4 Å². The molecular formula is C21H35IN4O5. The maximum atomic E-state index is 12.1. The molecule has 0 spiro atoms. The quantitative estimate of drug-likeness (QED) is 0.272. The first-order valence-electron chi connectivity index (χ1n) is 10.1. The molecule has 0 aromatic heterocycles. The number of aliphatic hydroxyl groups is 1. The molecule has 1 aromatic rings. The standard InChI is InChI=1S/C21H34N4O5.HI/c1-7-22-19(24-15-12-25(13-15)20(27)30-21(2,3)4)23-11-18(26)14-8-16(28-5)10-17(9-14)29-6;/h8-10,15,18,26H,7,11-13H2,1-6H3,(H2,22,23,24);1H. The Balaban J connectivity index is 0.00000480. The number of amides is 1. The van der Waals surface area contributed by atoms with Crippen LogP contribution in [-0.4, -0.2) is 74.1 Å². The van der Waals surface area contributed by atoms with Crippen molar-refractivity contribution in [3.63, 3.8) is 0 Å². The molecule has 1 heterocycles. The summed E-state index contributed by atoms with van der Waals surface area (Å²) in [7, 11) is 3.13. The predicted octanol–water partition coefficient (Wildman–Crippen LogP) is 2.53. The highest BCUT2D eigenvalue weighted by Gasteiger charge is 2.34. The smallest absolute Gasteiger partial charge is 0.410 e. The van der Waals surface area contributed by atoms with E-state index in [0.717, 1.165) is 0 Å². The third-order valence-electron chi connectivity index (χ3n) is 4.40. The molecule has 0 saturated carbocycles. The molecule has 0 radical (unpaired) electrons. The maximum Gasteiger partial charge on any atom is 0.410 e. The van der Waals surface area contributed by atoms with Gasteiger partial charge in [0, 0.05) is 25.7 Å². The molecule has 0 bridgehead atoms. The van der Waals surface area contributed by atoms with Gasteiger partial charge in [0.05, 0.1) is 32.9 Å². The van der Waals surface area contributed by atoms with Crippen molar-refractivity contribution in [2.45, 2.75) is 45.4 Å². The number of nitrogens with zero attached hydrogens (tertiary/aromatic N) is 2. The van der Waals surface area contributed by atoms with E-state index in [0.29, 0.717) is 42.7 Å². The molecule has 1 amide bonds. The third kappa shape index (κ3) is 8.60. The second-order valence-electron chi connectivity index (χ2n) is 8.11. The van der Waals surface area contributed by atoms with Gasteiger partial charge >= 0.3 is 6.09 Å². The number of carbonyl (C=O) groups excluding carboxylic acids is 1. The molecule has 1 aliphatic heterocycles. The average molecular weight is 550 g/mol. The third-order valence-corrected chi connectivity index (χ3v) is 4.40. The predicted molar refractivity (Wildman–Crippen MR) is 131 cm³/mol. The highest BCUT2D eigenvalue weighted by molar-refractivity contribution is 14.0. The number of aliphatic hydroxyl groups excluding tert-OH is 1. The number of halogens is 1. The number of aliphatic imine (C=N–C) groups is 1. The van der Waals surface area contributed by atoms with Crippen LogP contribution in [0.1, 0.15) is 39.4 Å². The molecule has 2 rings (SSSR count). The van der Waals surface area contributed by atoms with Gasteiger partial charge in [0.25, 0.3) is 0 Å². The summed E-state index contributed by atoms with van der Waals surface area (Å²) in [5.74, 6) is 1.79. The maximum absolute atomic E-state index is 12.1. The Kier molecular flexibility index (Phi) is 10.6. The van der Waals surface area contributed by atoms with Crippen molar-refractivity contribution < 1.29 is 24.1 Å². The van der Waals surface area contributed by atoms with Crippen LogP contribution < -0.4 is 20.1 Å². The lowest BCUT2D eigenvalue weighted by molar-refractivity contribution is 0.00700. The van der Waals surface area contributed by atoms with Crippen LogP contribution in [0, 0.1) is 0 Å². The lowest BCUT2D eigenvalue weighted by Gasteiger charge is -2.40. The molecule has 31 heavy (non-hydrogen) atoms. The molecule has 1 unspecified atom stereocenters. The van der Waals surface area contributed by atoms with E-state index in [1.165, 1.54) is 0 Å². The zero-order valence-electron chi connectivity index (χ0n) is 19.1. The Morgan fingerprint density at radius 2 is 1.81 bits per heavy atom. The molecule has 1 saturated heterocycles. The Hall–Kier alpha value is -1.95. The number of ether oxygens (including phenoxy) is 3. The van der Waals surface area contributed by atoms with Crippen LogP contribution in [0.3, 0.4) is 0 Å². The van der Waals surface area contributed by atoms with E-state index in [9.17, 15) is 9.90 Å². The number of nitrogens with one attached hydrogen (secondary N) is 2. The molecule has 176 valence electrons. The van der Waals surface area contributed by atoms with E-state index in [4.69, 9.17) is 14.2 Å². The number of methoxy groups -OCH3 is 2. The number of hydrogen-bond acceptors (Lipinski definition) is 6. The van der Waals surface area contributed by atoms with E-state index in [1.807, 2.05) is 27.7 Å². The van der Waals surface area contributed by atoms with Gasteiger partial charge in [-0.15, -0.1) is 24.0 Å². The van der Waals surface area contributed by atoms with Gasteiger partial charge in [-0.05, 0) is 45.4 Å². The molecule has 10 heteroatoms. The topological polar surface area (TPSA) is 105 Å². The van der Waals surface area contributed by atoms with Gasteiger partial charge in [-0.1, -0.05) is 0 Å². The molecule has 1 aliphatic rings. The molecular weight excluding hydrogens is 515 g/mol. The van der Waals surface area contributed by atoms with Crippen LogP contribution >= 0.6 is 24.0 Å². The van der Waals surface area contributed by atoms with E-state index in [1.54, 1.807) is 37.3 Å². The van der Waals surface area contributed by atoms with Crippen molar-refractivity contribution in [3.05, 3.63) is 23.8 Å². The minimum Gasteiger partial charge on any atom is -0.497 e. The average Bonchev–Trinajstić information content (AvgIpc) is 2.65. The molecule has 0 aliphatic carbocycles. The Bertz CT molecular complexity index is 726. The van der Waals surface area contributed by atoms with Crippen molar-refractivity contribution in [1.82, 2.24) is 15.5 Å². The van der Waals surface area contributed by atoms with Crippen molar-refractivity contribution in [1.29, 1.82) is 0 Å². The molecule has 1 atom stereocenters. The molecule has 9 nitrogen and oxygen atoms in total. The lowest BCUT2D eigenvalue weighted by Crippen LogP contribution is -2.63. The number of guanidine groups is 1. The Morgan fingerprint density at radius 3 is 2.29 bits per heavy atom. The summed E-state index contributed by atoms with van der Waals surface area (Å²) in [5.41, 5.74) is 0.149. The minimum atomic E-state index is -0.816. The highest BCUT2D eigenvalue weighted by Crippen LogP contribution is 2.26. The van der Waals surface area contributed by atoms with Crippen LogP contribution in [0.5, 0.6) is 11.5 Å². The Labute approximate surface area is 201 Å². The van der Waals surface area contributed by atoms with Crippen LogP contribution in [0.2, 0.25) is 0 Å². The van der Waals surface area contributed by atoms with Gasteiger partial charge in [-0.3, -0.25) is 4.99 Å². The van der Waals surface area contributed by atoms with Gasteiger partial charge in [0.2, 0.25) is 0 Å². The van der Waals surface area contributed by atoms with Crippen LogP contribution in [-0.2, 0) is 4.74 Å². The first-order chi connectivity index (χ1) is 14.1. The number of hydrogen-bond donors (Lipinski definition) is 3. The number of likely N-dealkylation sites (tertiary alicyclic amines) is 1. The summed E-state index contributed by atoms with van der Waals surface area (Å²) >= 11 is 0. The fourth-order valence-corrected chi connectivity index (χ4v) is 2.86. The van der Waals surface area contributed by atoms with Crippen molar-refractivity contribution >= 4 is 36.0 Å². The summed E-state index contributed by atoms with van der Waals surface area (Å²) in [6.07, 6.45) is -1.13. The monoisotopic (exact) mass is 550 g/mol. The zero-order chi connectivity index (χ0) is 22.3. The lowest BCUT2D eigenvalue weighted by atomic mass is 10.1. The molecule has 1 aromatic carbocycles. The fraction of sp³-hybridized carbons (Fsp3) is 0.619. The van der Waals surface area contributed by atoms with Gasteiger partial charge in [0.1, 0.15) is 17.1 Å². The van der Waals surface area contributed by atoms with E-state index < -0.39 is 11.7 Å². The summed E-state index contributed by atoms with van der Waals surface area (Å²) in [4.78, 5) is 18.2. The van der Waals surface area contributed by atoms with Crippen LogP contribution in [0.15, 0.2) is 23.2 Å². The first kappa shape index (κ1) is 27.1. The fourth-order valence-electron chi connectivity index (χ4n) is 2.86. The zero-order valence-corrected chi connectivity index (χ0v) is 21.4. The summed E-state index contributed by atoms with van der Waals surface area (Å²) < 4.78 is 15.9. The van der Waals surface area contributed by atoms with E-state index >= 15 is 0 Å². The first-order valence-corrected chi connectivity index (χ1v) is 10.1. The summed E-state index contributed by atoms with van der Waals surface area (Å²) in [6, 6.07) is 5.34. The summed E-state index contributed by atoms with van der Waals surface area (Å²) in [5, 5.41) is 17.0. The molecule has 1 fully saturated rings. The number of benzene rings is 1. The number of rotatable bonds is 7. The highest BCUT2D eigenvalue weighted by atomic mass is 127. The van der Waals surface area contributed by atoms with Gasteiger partial charge in [-0.2, -0.15) is 0 Å². The van der Waals surface area contributed by atoms with Crippen molar-refractivity contribution in [2.24, 2.45) is 4.99 Å². The van der Waals surface area contributed by atoms with Gasteiger partial charge < -0.3 is 34.9 Å². The van der Waals surface area contributed by atoms with E-state index in [2.05, 4.69) is 15.6 Å².